The molecule has 9 heteroatoms. The lowest BCUT2D eigenvalue weighted by atomic mass is 10.1. The van der Waals surface area contributed by atoms with Crippen molar-refractivity contribution < 1.29 is 28.3 Å². The fraction of sp³-hybridized carbons (Fsp3) is 0.154. The van der Waals surface area contributed by atoms with Crippen LogP contribution in [0.4, 0.5) is 5.69 Å². The molecular formula is C26H23N3O6. The Morgan fingerprint density at radius 3 is 2.63 bits per heavy atom. The van der Waals surface area contributed by atoms with Crippen molar-refractivity contribution in [2.45, 2.75) is 0 Å². The summed E-state index contributed by atoms with van der Waals surface area (Å²) in [5.41, 5.74) is 1.86. The fourth-order valence-corrected chi connectivity index (χ4v) is 3.41. The van der Waals surface area contributed by atoms with Crippen molar-refractivity contribution in [2.24, 2.45) is 0 Å². The molecule has 2 amide bonds. The number of anilines is 1. The summed E-state index contributed by atoms with van der Waals surface area (Å²) in [4.78, 5) is 43.4. The van der Waals surface area contributed by atoms with Crippen LogP contribution in [0.5, 0.6) is 5.75 Å². The Bertz CT molecular complexity index is 1370. The Morgan fingerprint density at radius 2 is 1.86 bits per heavy atom. The van der Waals surface area contributed by atoms with Gasteiger partial charge in [0.1, 0.15) is 11.4 Å². The van der Waals surface area contributed by atoms with E-state index in [0.717, 1.165) is 0 Å². The molecular weight excluding hydrogens is 450 g/mol. The number of hydrogen-bond acceptors (Lipinski definition) is 7. The number of pyridine rings is 1. The number of para-hydroxylation sites is 1. The van der Waals surface area contributed by atoms with Crippen LogP contribution in [0, 0.1) is 0 Å². The van der Waals surface area contributed by atoms with Crippen LogP contribution in [0.3, 0.4) is 0 Å². The van der Waals surface area contributed by atoms with Crippen molar-refractivity contribution in [3.8, 4) is 17.2 Å². The number of methoxy groups -OCH3 is 1. The van der Waals surface area contributed by atoms with E-state index in [2.05, 4.69) is 10.3 Å². The van der Waals surface area contributed by atoms with Gasteiger partial charge >= 0.3 is 5.97 Å². The lowest BCUT2D eigenvalue weighted by molar-refractivity contribution is -0.136. The summed E-state index contributed by atoms with van der Waals surface area (Å²) < 4.78 is 15.8. The average molecular weight is 473 g/mol. The number of fused-ring (bicyclic) bond motifs is 1. The van der Waals surface area contributed by atoms with Crippen molar-refractivity contribution >= 4 is 34.4 Å². The van der Waals surface area contributed by atoms with E-state index in [1.165, 1.54) is 25.3 Å². The minimum atomic E-state index is -0.681. The van der Waals surface area contributed by atoms with Gasteiger partial charge in [0, 0.05) is 24.2 Å². The zero-order valence-corrected chi connectivity index (χ0v) is 19.2. The van der Waals surface area contributed by atoms with Gasteiger partial charge in [-0.2, -0.15) is 0 Å². The Hall–Kier alpha value is -4.66. The minimum absolute atomic E-state index is 0.214. The molecule has 4 aromatic rings. The number of nitrogens with zero attached hydrogens (tertiary/aromatic N) is 2. The fourth-order valence-electron chi connectivity index (χ4n) is 3.41. The number of benzene rings is 2. The largest absolute Gasteiger partial charge is 0.497 e. The Labute approximate surface area is 201 Å². The van der Waals surface area contributed by atoms with Crippen LogP contribution < -0.4 is 10.1 Å². The highest BCUT2D eigenvalue weighted by Gasteiger charge is 2.19. The van der Waals surface area contributed by atoms with E-state index >= 15 is 0 Å². The monoisotopic (exact) mass is 473 g/mol. The Balaban J connectivity index is 1.40. The molecule has 2 aromatic heterocycles. The van der Waals surface area contributed by atoms with E-state index in [1.807, 2.05) is 6.07 Å². The van der Waals surface area contributed by atoms with E-state index in [1.54, 1.807) is 60.7 Å². The van der Waals surface area contributed by atoms with Gasteiger partial charge in [0.15, 0.2) is 12.4 Å². The number of hydrogen-bond donors (Lipinski definition) is 1. The summed E-state index contributed by atoms with van der Waals surface area (Å²) in [6, 6.07) is 19.0. The summed E-state index contributed by atoms with van der Waals surface area (Å²) in [5.74, 6) is -0.507. The molecule has 2 aromatic carbocycles. The number of rotatable bonds is 8. The highest BCUT2D eigenvalue weighted by Crippen LogP contribution is 2.25. The molecule has 0 radical (unpaired) electrons. The number of esters is 1. The van der Waals surface area contributed by atoms with Crippen LogP contribution in [0.2, 0.25) is 0 Å². The van der Waals surface area contributed by atoms with Gasteiger partial charge < -0.3 is 24.1 Å². The molecule has 0 saturated heterocycles. The van der Waals surface area contributed by atoms with Gasteiger partial charge in [-0.25, -0.2) is 9.78 Å². The molecule has 0 aliphatic heterocycles. The van der Waals surface area contributed by atoms with Gasteiger partial charge in [0.25, 0.3) is 5.91 Å². The Morgan fingerprint density at radius 1 is 1.03 bits per heavy atom. The van der Waals surface area contributed by atoms with Crippen LogP contribution in [0.1, 0.15) is 10.4 Å². The third-order valence-electron chi connectivity index (χ3n) is 5.20. The lowest BCUT2D eigenvalue weighted by Crippen LogP contribution is -2.37. The number of nitrogens with one attached hydrogen (secondary N) is 1. The van der Waals surface area contributed by atoms with E-state index in [4.69, 9.17) is 13.9 Å². The van der Waals surface area contributed by atoms with E-state index in [9.17, 15) is 14.4 Å². The predicted molar refractivity (Wildman–Crippen MR) is 129 cm³/mol. The van der Waals surface area contributed by atoms with Crippen molar-refractivity contribution in [1.82, 2.24) is 9.88 Å². The highest BCUT2D eigenvalue weighted by molar-refractivity contribution is 6.05. The molecule has 0 aliphatic rings. The lowest BCUT2D eigenvalue weighted by Gasteiger charge is -2.17. The van der Waals surface area contributed by atoms with Crippen LogP contribution in [-0.4, -0.2) is 55.0 Å². The van der Waals surface area contributed by atoms with Gasteiger partial charge in [0.05, 0.1) is 31.0 Å². The minimum Gasteiger partial charge on any atom is -0.497 e. The second-order valence-electron chi connectivity index (χ2n) is 7.66. The van der Waals surface area contributed by atoms with Gasteiger partial charge in [-0.1, -0.05) is 24.3 Å². The number of ether oxygens (including phenoxy) is 2. The standard InChI is InChI=1S/C26H23N3O6/c1-29(15-24(30)27-17-7-5-8-18(13-17)33-2)25(31)16-35-26(32)20-14-22(23-11-6-12-34-23)28-21-10-4-3-9-19(20)21/h3-14H,15-16H2,1-2H3,(H,27,30). The highest BCUT2D eigenvalue weighted by atomic mass is 16.5. The molecule has 178 valence electrons. The van der Waals surface area contributed by atoms with Gasteiger partial charge in [-0.3, -0.25) is 9.59 Å². The molecule has 0 fully saturated rings. The normalized spacial score (nSPS) is 10.6. The zero-order chi connectivity index (χ0) is 24.8. The second kappa shape index (κ2) is 10.5. The first kappa shape index (κ1) is 23.5. The maximum Gasteiger partial charge on any atom is 0.339 e. The topological polar surface area (TPSA) is 111 Å². The summed E-state index contributed by atoms with van der Waals surface area (Å²) in [6.07, 6.45) is 1.52. The van der Waals surface area contributed by atoms with Crippen LogP contribution in [0.15, 0.2) is 77.4 Å². The van der Waals surface area contributed by atoms with Crippen LogP contribution in [0.25, 0.3) is 22.4 Å². The summed E-state index contributed by atoms with van der Waals surface area (Å²) in [6.45, 7) is -0.733. The quantitative estimate of drug-likeness (QED) is 0.388. The molecule has 0 saturated carbocycles. The van der Waals surface area contributed by atoms with E-state index in [0.29, 0.717) is 33.8 Å². The van der Waals surface area contributed by atoms with Gasteiger partial charge in [0.2, 0.25) is 5.91 Å². The number of carbonyl (C=O) groups excluding carboxylic acids is 3. The maximum atomic E-state index is 12.9. The third kappa shape index (κ3) is 5.64. The van der Waals surface area contributed by atoms with Gasteiger partial charge in [-0.05, 0) is 36.4 Å². The molecule has 4 rings (SSSR count). The van der Waals surface area contributed by atoms with Crippen LogP contribution in [-0.2, 0) is 14.3 Å². The van der Waals surface area contributed by atoms with Crippen LogP contribution >= 0.6 is 0 Å². The molecule has 9 nitrogen and oxygen atoms in total. The predicted octanol–water partition coefficient (Wildman–Crippen LogP) is 3.76. The first-order valence-corrected chi connectivity index (χ1v) is 10.7. The first-order chi connectivity index (χ1) is 16.9. The second-order valence-corrected chi connectivity index (χ2v) is 7.66. The molecule has 0 bridgehead atoms. The molecule has 0 atom stereocenters. The average Bonchev–Trinajstić information content (AvgIpc) is 3.41. The Kier molecular flexibility index (Phi) is 7.06. The maximum absolute atomic E-state index is 12.9. The van der Waals surface area contributed by atoms with Crippen molar-refractivity contribution in [2.75, 3.05) is 32.6 Å². The van der Waals surface area contributed by atoms with E-state index < -0.39 is 24.4 Å². The molecule has 1 N–H and O–H groups in total. The summed E-state index contributed by atoms with van der Waals surface area (Å²) in [7, 11) is 2.99. The molecule has 2 heterocycles. The number of likely N-dealkylation sites (N-methyl/N-ethyl adjacent to an activating group) is 1. The first-order valence-electron chi connectivity index (χ1n) is 10.7. The van der Waals surface area contributed by atoms with Crippen molar-refractivity contribution in [3.05, 3.63) is 78.6 Å². The summed E-state index contributed by atoms with van der Waals surface area (Å²) >= 11 is 0. The van der Waals surface area contributed by atoms with E-state index in [-0.39, 0.29) is 12.1 Å². The molecule has 0 unspecified atom stereocenters. The number of furan rings is 1. The van der Waals surface area contributed by atoms with Crippen molar-refractivity contribution in [3.63, 3.8) is 0 Å². The molecule has 0 spiro atoms. The number of carbonyl (C=O) groups is 3. The zero-order valence-electron chi connectivity index (χ0n) is 19.2. The van der Waals surface area contributed by atoms with Gasteiger partial charge in [-0.15, -0.1) is 0 Å². The molecule has 0 aliphatic carbocycles. The smallest absolute Gasteiger partial charge is 0.339 e. The SMILES string of the molecule is COc1cccc(NC(=O)CN(C)C(=O)COC(=O)c2cc(-c3ccco3)nc3ccccc23)c1. The summed E-state index contributed by atoms with van der Waals surface area (Å²) in [5, 5.41) is 3.29. The third-order valence-corrected chi connectivity index (χ3v) is 5.20. The van der Waals surface area contributed by atoms with Crippen molar-refractivity contribution in [1.29, 1.82) is 0 Å². The molecule has 35 heavy (non-hydrogen) atoms. The number of amides is 2. The number of aromatic nitrogens is 1.